The van der Waals surface area contributed by atoms with Gasteiger partial charge in [-0.2, -0.15) is 0 Å². The second-order valence-electron chi connectivity index (χ2n) is 10.7. The van der Waals surface area contributed by atoms with Crippen molar-refractivity contribution in [1.29, 1.82) is 0 Å². The van der Waals surface area contributed by atoms with E-state index in [1.54, 1.807) is 4.90 Å². The van der Waals surface area contributed by atoms with Gasteiger partial charge in [-0.15, -0.1) is 5.10 Å². The number of carbonyl (C=O) groups is 2. The number of fused-ring (bicyclic) bond motifs is 2. The first-order valence-electron chi connectivity index (χ1n) is 13.0. The van der Waals surface area contributed by atoms with Gasteiger partial charge in [0.1, 0.15) is 5.69 Å². The Morgan fingerprint density at radius 2 is 1.89 bits per heavy atom. The molecule has 188 valence electrons. The number of benzene rings is 1. The van der Waals surface area contributed by atoms with Gasteiger partial charge < -0.3 is 15.1 Å². The fraction of sp³-hybridized carbons (Fsp3) is 0.519. The third-order valence-electron chi connectivity index (χ3n) is 7.79. The maximum atomic E-state index is 13.6. The Morgan fingerprint density at radius 3 is 2.67 bits per heavy atom. The molecule has 1 saturated carbocycles. The highest BCUT2D eigenvalue weighted by atomic mass is 16.2. The van der Waals surface area contributed by atoms with E-state index in [-0.39, 0.29) is 17.9 Å². The van der Waals surface area contributed by atoms with Crippen molar-refractivity contribution in [2.24, 2.45) is 5.92 Å². The smallest absolute Gasteiger partial charge is 0.254 e. The molecule has 1 aromatic carbocycles. The lowest BCUT2D eigenvalue weighted by Crippen LogP contribution is -2.49. The molecule has 9 heteroatoms. The summed E-state index contributed by atoms with van der Waals surface area (Å²) in [5, 5.41) is 13.1. The van der Waals surface area contributed by atoms with Crippen molar-refractivity contribution in [3.8, 4) is 0 Å². The van der Waals surface area contributed by atoms with Crippen LogP contribution in [0.3, 0.4) is 0 Å². The Balaban J connectivity index is 1.27. The summed E-state index contributed by atoms with van der Waals surface area (Å²) in [6, 6.07) is 9.70. The zero-order valence-corrected chi connectivity index (χ0v) is 21.0. The first kappa shape index (κ1) is 23.1. The van der Waals surface area contributed by atoms with Crippen LogP contribution < -0.4 is 5.32 Å². The van der Waals surface area contributed by atoms with E-state index in [2.05, 4.69) is 32.6 Å². The predicted octanol–water partition coefficient (Wildman–Crippen LogP) is 2.49. The van der Waals surface area contributed by atoms with Crippen LogP contribution in [0.25, 0.3) is 10.9 Å². The number of aromatic nitrogens is 4. The minimum atomic E-state index is -0.476. The number of nitrogens with zero attached hydrogens (tertiary/aromatic N) is 6. The summed E-state index contributed by atoms with van der Waals surface area (Å²) >= 11 is 0. The fourth-order valence-electron chi connectivity index (χ4n) is 5.44. The van der Waals surface area contributed by atoms with E-state index in [9.17, 15) is 9.59 Å². The lowest BCUT2D eigenvalue weighted by Gasteiger charge is -2.34. The van der Waals surface area contributed by atoms with E-state index in [1.807, 2.05) is 41.9 Å². The van der Waals surface area contributed by atoms with Crippen molar-refractivity contribution >= 4 is 22.7 Å². The van der Waals surface area contributed by atoms with Crippen LogP contribution in [-0.2, 0) is 17.9 Å². The summed E-state index contributed by atoms with van der Waals surface area (Å²) in [5.41, 5.74) is 4.02. The standard InChI is InChI=1S/C27H33N7O2/c1-17-3-6-19-13-20(7-8-23(19)28-17)27(36)33-15-22(26(35)29-21-9-11-32(2)12-10-21)25-24(16-33)30-31-34(25)14-18-4-5-18/h3,6-8,13,18,21-22H,4-5,9-12,14-16H2,1-2H3,(H,29,35). The summed E-state index contributed by atoms with van der Waals surface area (Å²) in [6.07, 6.45) is 4.27. The molecule has 4 heterocycles. The highest BCUT2D eigenvalue weighted by molar-refractivity contribution is 5.98. The highest BCUT2D eigenvalue weighted by Gasteiger charge is 2.39. The second kappa shape index (κ2) is 9.28. The zero-order chi connectivity index (χ0) is 24.8. The minimum absolute atomic E-state index is 0.0270. The molecule has 9 nitrogen and oxygen atoms in total. The number of amides is 2. The average Bonchev–Trinajstić information content (AvgIpc) is 3.61. The molecule has 2 amide bonds. The van der Waals surface area contributed by atoms with Gasteiger partial charge in [0.25, 0.3) is 5.91 Å². The number of rotatable bonds is 5. The first-order valence-corrected chi connectivity index (χ1v) is 13.0. The van der Waals surface area contributed by atoms with Crippen LogP contribution in [0.2, 0.25) is 0 Å². The van der Waals surface area contributed by atoms with Crippen LogP contribution in [0.1, 0.15) is 59.0 Å². The van der Waals surface area contributed by atoms with E-state index < -0.39 is 5.92 Å². The monoisotopic (exact) mass is 487 g/mol. The second-order valence-corrected chi connectivity index (χ2v) is 10.7. The van der Waals surface area contributed by atoms with Crippen molar-refractivity contribution in [3.05, 3.63) is 53.0 Å². The van der Waals surface area contributed by atoms with E-state index >= 15 is 0 Å². The number of hydrogen-bond acceptors (Lipinski definition) is 6. The summed E-state index contributed by atoms with van der Waals surface area (Å²) < 4.78 is 1.93. The summed E-state index contributed by atoms with van der Waals surface area (Å²) in [5.74, 6) is 0.0107. The minimum Gasteiger partial charge on any atom is -0.353 e. The normalized spacial score (nSPS) is 20.9. The fourth-order valence-corrected chi connectivity index (χ4v) is 5.44. The molecular formula is C27H33N7O2. The first-order chi connectivity index (χ1) is 17.4. The summed E-state index contributed by atoms with van der Waals surface area (Å²) in [4.78, 5) is 35.8. The molecule has 1 atom stereocenters. The van der Waals surface area contributed by atoms with Crippen LogP contribution in [0.15, 0.2) is 30.3 Å². The van der Waals surface area contributed by atoms with E-state index in [1.165, 1.54) is 12.8 Å². The Kier molecular flexibility index (Phi) is 5.95. The lowest BCUT2D eigenvalue weighted by atomic mass is 9.95. The molecule has 1 aliphatic carbocycles. The predicted molar refractivity (Wildman–Crippen MR) is 135 cm³/mol. The molecule has 0 spiro atoms. The number of likely N-dealkylation sites (tertiary alicyclic amines) is 1. The average molecular weight is 488 g/mol. The number of nitrogens with one attached hydrogen (secondary N) is 1. The van der Waals surface area contributed by atoms with Gasteiger partial charge in [-0.3, -0.25) is 14.6 Å². The SMILES string of the molecule is Cc1ccc2cc(C(=O)N3Cc4nnn(CC5CC5)c4C(C(=O)NC4CCN(C)CC4)C3)ccc2n1. The third-order valence-corrected chi connectivity index (χ3v) is 7.79. The van der Waals surface area contributed by atoms with Gasteiger partial charge >= 0.3 is 0 Å². The maximum absolute atomic E-state index is 13.6. The van der Waals surface area contributed by atoms with Crippen molar-refractivity contribution in [2.75, 3.05) is 26.7 Å². The molecule has 6 rings (SSSR count). The number of pyridine rings is 1. The van der Waals surface area contributed by atoms with E-state index in [0.29, 0.717) is 24.6 Å². The van der Waals surface area contributed by atoms with Crippen LogP contribution in [0, 0.1) is 12.8 Å². The van der Waals surface area contributed by atoms with E-state index in [0.717, 1.165) is 60.5 Å². The van der Waals surface area contributed by atoms with Gasteiger partial charge in [0.05, 0.1) is 23.7 Å². The topological polar surface area (TPSA) is 96.2 Å². The Bertz CT molecular complexity index is 1310. The molecule has 0 radical (unpaired) electrons. The molecule has 1 unspecified atom stereocenters. The Hall–Kier alpha value is -3.33. The number of carbonyl (C=O) groups excluding carboxylic acids is 2. The summed E-state index contributed by atoms with van der Waals surface area (Å²) in [7, 11) is 2.11. The van der Waals surface area contributed by atoms with Crippen molar-refractivity contribution in [1.82, 2.24) is 35.1 Å². The lowest BCUT2D eigenvalue weighted by molar-refractivity contribution is -0.124. The Morgan fingerprint density at radius 1 is 1.08 bits per heavy atom. The van der Waals surface area contributed by atoms with Gasteiger partial charge in [0.15, 0.2) is 0 Å². The number of aryl methyl sites for hydroxylation is 1. The van der Waals surface area contributed by atoms with E-state index in [4.69, 9.17) is 0 Å². The van der Waals surface area contributed by atoms with Crippen LogP contribution in [0.4, 0.5) is 0 Å². The largest absolute Gasteiger partial charge is 0.353 e. The van der Waals surface area contributed by atoms with Crippen LogP contribution in [-0.4, -0.2) is 74.3 Å². The molecule has 2 aromatic heterocycles. The molecular weight excluding hydrogens is 454 g/mol. The van der Waals surface area contributed by atoms with Gasteiger partial charge in [0.2, 0.25) is 5.91 Å². The van der Waals surface area contributed by atoms with Crippen LogP contribution in [0.5, 0.6) is 0 Å². The van der Waals surface area contributed by atoms with Gasteiger partial charge in [-0.25, -0.2) is 4.68 Å². The summed E-state index contributed by atoms with van der Waals surface area (Å²) in [6.45, 7) is 5.39. The number of piperidine rings is 1. The maximum Gasteiger partial charge on any atom is 0.254 e. The Labute approximate surface area is 210 Å². The van der Waals surface area contributed by atoms with Crippen molar-refractivity contribution in [2.45, 2.75) is 57.7 Å². The quantitative estimate of drug-likeness (QED) is 0.594. The molecule has 3 aromatic rings. The molecule has 1 saturated heterocycles. The molecule has 2 fully saturated rings. The van der Waals surface area contributed by atoms with Gasteiger partial charge in [-0.05, 0) is 82.9 Å². The molecule has 0 bridgehead atoms. The molecule has 3 aliphatic rings. The van der Waals surface area contributed by atoms with Gasteiger partial charge in [-0.1, -0.05) is 11.3 Å². The third kappa shape index (κ3) is 4.59. The molecule has 2 aliphatic heterocycles. The molecule has 36 heavy (non-hydrogen) atoms. The van der Waals surface area contributed by atoms with Gasteiger partial charge in [0, 0.05) is 35.8 Å². The zero-order valence-electron chi connectivity index (χ0n) is 21.0. The highest BCUT2D eigenvalue weighted by Crippen LogP contribution is 2.34. The molecule has 1 N–H and O–H groups in total. The van der Waals surface area contributed by atoms with Crippen molar-refractivity contribution in [3.63, 3.8) is 0 Å². The van der Waals surface area contributed by atoms with Crippen LogP contribution >= 0.6 is 0 Å². The number of hydrogen-bond donors (Lipinski definition) is 1. The van der Waals surface area contributed by atoms with Crippen molar-refractivity contribution < 1.29 is 9.59 Å².